The van der Waals surface area contributed by atoms with E-state index < -0.39 is 0 Å². The number of carbonyl (C=O) groups excluding carboxylic acids is 1. The molecule has 25 heavy (non-hydrogen) atoms. The number of hydrogen-bond donors (Lipinski definition) is 1. The van der Waals surface area contributed by atoms with Gasteiger partial charge in [-0.05, 0) is 48.7 Å². The van der Waals surface area contributed by atoms with Gasteiger partial charge in [0.05, 0.1) is 6.54 Å². The van der Waals surface area contributed by atoms with E-state index in [0.717, 1.165) is 42.0 Å². The van der Waals surface area contributed by atoms with Gasteiger partial charge in [-0.25, -0.2) is 0 Å². The van der Waals surface area contributed by atoms with Crippen molar-refractivity contribution in [1.82, 2.24) is 10.2 Å². The fourth-order valence-corrected chi connectivity index (χ4v) is 3.87. The zero-order valence-electron chi connectivity index (χ0n) is 14.0. The van der Waals surface area contributed by atoms with Crippen molar-refractivity contribution in [1.29, 1.82) is 0 Å². The third-order valence-electron chi connectivity index (χ3n) is 4.98. The summed E-state index contributed by atoms with van der Waals surface area (Å²) in [6.07, 6.45) is 1.08. The summed E-state index contributed by atoms with van der Waals surface area (Å²) in [4.78, 5) is 15.1. The minimum atomic E-state index is 0.0684. The molecular weight excluding hydrogens is 336 g/mol. The Morgan fingerprint density at radius 1 is 1.24 bits per heavy atom. The largest absolute Gasteiger partial charge is 0.491 e. The maximum Gasteiger partial charge on any atom is 0.254 e. The van der Waals surface area contributed by atoms with Crippen molar-refractivity contribution in [2.24, 2.45) is 0 Å². The predicted octanol–water partition coefficient (Wildman–Crippen LogP) is 3.45. The molecule has 1 fully saturated rings. The molecule has 5 heteroatoms. The molecule has 1 N–H and O–H groups in total. The highest BCUT2D eigenvalue weighted by Crippen LogP contribution is 2.29. The van der Waals surface area contributed by atoms with E-state index >= 15 is 0 Å². The lowest BCUT2D eigenvalue weighted by molar-refractivity contribution is 0.0731. The molecule has 0 saturated carbocycles. The van der Waals surface area contributed by atoms with Gasteiger partial charge in [0.1, 0.15) is 12.4 Å². The molecule has 2 heterocycles. The maximum absolute atomic E-state index is 13.2. The fraction of sp³-hybridized carbons (Fsp3) is 0.350. The summed E-state index contributed by atoms with van der Waals surface area (Å²) in [5.74, 6) is 1.29. The van der Waals surface area contributed by atoms with Gasteiger partial charge >= 0.3 is 0 Å². The summed E-state index contributed by atoms with van der Waals surface area (Å²) in [5.41, 5.74) is 2.91. The third kappa shape index (κ3) is 3.37. The van der Waals surface area contributed by atoms with Crippen LogP contribution >= 0.6 is 11.6 Å². The van der Waals surface area contributed by atoms with E-state index in [1.807, 2.05) is 41.3 Å². The summed E-state index contributed by atoms with van der Waals surface area (Å²) in [6, 6.07) is 13.6. The first-order chi connectivity index (χ1) is 12.2. The normalized spacial score (nSPS) is 19.9. The van der Waals surface area contributed by atoms with E-state index in [1.54, 1.807) is 0 Å². The molecule has 1 atom stereocenters. The average Bonchev–Trinajstić information content (AvgIpc) is 3.08. The zero-order valence-corrected chi connectivity index (χ0v) is 14.8. The molecule has 2 aliphatic rings. The Labute approximate surface area is 152 Å². The topological polar surface area (TPSA) is 41.6 Å². The molecule has 0 radical (unpaired) electrons. The van der Waals surface area contributed by atoms with Gasteiger partial charge in [-0.1, -0.05) is 29.8 Å². The second-order valence-electron chi connectivity index (χ2n) is 6.60. The van der Waals surface area contributed by atoms with Gasteiger partial charge in [0.2, 0.25) is 0 Å². The van der Waals surface area contributed by atoms with Crippen molar-refractivity contribution in [3.05, 3.63) is 64.2 Å². The van der Waals surface area contributed by atoms with Crippen LogP contribution in [0.25, 0.3) is 0 Å². The fourth-order valence-electron chi connectivity index (χ4n) is 3.67. The molecule has 0 bridgehead atoms. The number of benzene rings is 2. The van der Waals surface area contributed by atoms with Crippen molar-refractivity contribution in [3.8, 4) is 5.75 Å². The van der Waals surface area contributed by atoms with Gasteiger partial charge in [0.15, 0.2) is 0 Å². The molecule has 1 unspecified atom stereocenters. The number of nitrogens with zero attached hydrogens (tertiary/aromatic N) is 1. The van der Waals surface area contributed by atoms with E-state index in [-0.39, 0.29) is 5.91 Å². The Hall–Kier alpha value is -2.04. The number of halogens is 1. The summed E-state index contributed by atoms with van der Waals surface area (Å²) < 4.78 is 5.79. The highest BCUT2D eigenvalue weighted by atomic mass is 35.5. The van der Waals surface area contributed by atoms with E-state index in [1.165, 1.54) is 0 Å². The number of ether oxygens (including phenoxy) is 1. The molecule has 0 spiro atoms. The number of amides is 1. The molecule has 4 rings (SSSR count). The highest BCUT2D eigenvalue weighted by Gasteiger charge is 2.26. The first-order valence-electron chi connectivity index (χ1n) is 8.72. The second kappa shape index (κ2) is 7.06. The van der Waals surface area contributed by atoms with Crippen LogP contribution in [0.15, 0.2) is 42.5 Å². The Morgan fingerprint density at radius 3 is 2.96 bits per heavy atom. The molecule has 0 aliphatic carbocycles. The van der Waals surface area contributed by atoms with Crippen LogP contribution in [0.2, 0.25) is 5.02 Å². The Balaban J connectivity index is 1.63. The lowest BCUT2D eigenvalue weighted by Crippen LogP contribution is -2.33. The standard InChI is InChI=1S/C20H21ClN2O2/c21-16-5-6-19-15(11-16)13-23(9-10-25-19)20(24)18-4-2-1-3-17(18)14-7-8-22-12-14/h1-6,11,14,22H,7-10,12-13H2. The van der Waals surface area contributed by atoms with Gasteiger partial charge in [-0.2, -0.15) is 0 Å². The summed E-state index contributed by atoms with van der Waals surface area (Å²) in [7, 11) is 0. The first-order valence-corrected chi connectivity index (χ1v) is 9.10. The summed E-state index contributed by atoms with van der Waals surface area (Å²) in [6.45, 7) is 3.53. The van der Waals surface area contributed by atoms with Crippen LogP contribution < -0.4 is 10.1 Å². The number of carbonyl (C=O) groups is 1. The van der Waals surface area contributed by atoms with Crippen LogP contribution in [0.5, 0.6) is 5.75 Å². The summed E-state index contributed by atoms with van der Waals surface area (Å²) >= 11 is 6.12. The monoisotopic (exact) mass is 356 g/mol. The van der Waals surface area contributed by atoms with Crippen molar-refractivity contribution < 1.29 is 9.53 Å². The van der Waals surface area contributed by atoms with Crippen molar-refractivity contribution in [3.63, 3.8) is 0 Å². The molecular formula is C20H21ClN2O2. The number of fused-ring (bicyclic) bond motifs is 1. The first kappa shape index (κ1) is 16.4. The predicted molar refractivity (Wildman–Crippen MR) is 98.4 cm³/mol. The van der Waals surface area contributed by atoms with Crippen molar-refractivity contribution in [2.75, 3.05) is 26.2 Å². The Kier molecular flexibility index (Phi) is 4.64. The number of rotatable bonds is 2. The van der Waals surface area contributed by atoms with Crippen LogP contribution in [-0.4, -0.2) is 37.0 Å². The van der Waals surface area contributed by atoms with Crippen LogP contribution in [0.1, 0.15) is 33.8 Å². The smallest absolute Gasteiger partial charge is 0.254 e. The minimum absolute atomic E-state index is 0.0684. The summed E-state index contributed by atoms with van der Waals surface area (Å²) in [5, 5.41) is 4.05. The SMILES string of the molecule is O=C(c1ccccc1C1CCNC1)N1CCOc2ccc(Cl)cc2C1. The molecule has 130 valence electrons. The molecule has 4 nitrogen and oxygen atoms in total. The minimum Gasteiger partial charge on any atom is -0.491 e. The van der Waals surface area contributed by atoms with Crippen LogP contribution in [-0.2, 0) is 6.54 Å². The van der Waals surface area contributed by atoms with Crippen LogP contribution in [0, 0.1) is 0 Å². The highest BCUT2D eigenvalue weighted by molar-refractivity contribution is 6.30. The maximum atomic E-state index is 13.2. The molecule has 2 aliphatic heterocycles. The molecule has 1 amide bonds. The number of hydrogen-bond acceptors (Lipinski definition) is 3. The second-order valence-corrected chi connectivity index (χ2v) is 7.04. The van der Waals surface area contributed by atoms with Crippen molar-refractivity contribution >= 4 is 17.5 Å². The number of nitrogens with one attached hydrogen (secondary N) is 1. The third-order valence-corrected chi connectivity index (χ3v) is 5.22. The van der Waals surface area contributed by atoms with Crippen molar-refractivity contribution in [2.45, 2.75) is 18.9 Å². The van der Waals surface area contributed by atoms with Gasteiger partial charge in [-0.3, -0.25) is 4.79 Å². The van der Waals surface area contributed by atoms with Gasteiger partial charge in [0, 0.05) is 29.2 Å². The van der Waals surface area contributed by atoms with Crippen LogP contribution in [0.3, 0.4) is 0 Å². The van der Waals surface area contributed by atoms with E-state index in [9.17, 15) is 4.79 Å². The van der Waals surface area contributed by atoms with Gasteiger partial charge < -0.3 is 15.0 Å². The quantitative estimate of drug-likeness (QED) is 0.896. The molecule has 2 aromatic rings. The average molecular weight is 357 g/mol. The Morgan fingerprint density at radius 2 is 2.12 bits per heavy atom. The van der Waals surface area contributed by atoms with E-state index in [2.05, 4.69) is 11.4 Å². The lowest BCUT2D eigenvalue weighted by Gasteiger charge is -2.23. The zero-order chi connectivity index (χ0) is 17.2. The van der Waals surface area contributed by atoms with Crippen LogP contribution in [0.4, 0.5) is 0 Å². The molecule has 2 aromatic carbocycles. The lowest BCUT2D eigenvalue weighted by atomic mass is 9.93. The molecule has 0 aromatic heterocycles. The van der Waals surface area contributed by atoms with Gasteiger partial charge in [0.25, 0.3) is 5.91 Å². The van der Waals surface area contributed by atoms with Gasteiger partial charge in [-0.15, -0.1) is 0 Å². The Bertz CT molecular complexity index is 787. The van der Waals surface area contributed by atoms with E-state index in [4.69, 9.17) is 16.3 Å². The molecule has 1 saturated heterocycles. The van der Waals surface area contributed by atoms with E-state index in [0.29, 0.717) is 30.6 Å².